The van der Waals surface area contributed by atoms with E-state index in [2.05, 4.69) is 5.92 Å². The number of carbonyl (C=O) groups is 1. The standard InChI is InChI=1S/C9H12O2/c1-3-5-6-8-11-9(10)7-4-2/h1,5-6H,4,7-8H2,2H3/b6-5+. The zero-order chi connectivity index (χ0) is 8.53. The van der Waals surface area contributed by atoms with Gasteiger partial charge < -0.3 is 4.74 Å². The van der Waals surface area contributed by atoms with Gasteiger partial charge in [-0.25, -0.2) is 0 Å². The Kier molecular flexibility index (Phi) is 6.11. The largest absolute Gasteiger partial charge is 0.461 e. The summed E-state index contributed by atoms with van der Waals surface area (Å²) in [4.78, 5) is 10.7. The van der Waals surface area contributed by atoms with E-state index in [0.29, 0.717) is 6.42 Å². The quantitative estimate of drug-likeness (QED) is 0.451. The summed E-state index contributed by atoms with van der Waals surface area (Å²) in [6.45, 7) is 2.21. The highest BCUT2D eigenvalue weighted by molar-refractivity contribution is 5.69. The van der Waals surface area contributed by atoms with Crippen LogP contribution in [0.5, 0.6) is 0 Å². The van der Waals surface area contributed by atoms with Gasteiger partial charge in [0.05, 0.1) is 0 Å². The first-order chi connectivity index (χ1) is 5.31. The van der Waals surface area contributed by atoms with Gasteiger partial charge in [-0.1, -0.05) is 12.8 Å². The Bertz CT molecular complexity index is 174. The minimum Gasteiger partial charge on any atom is -0.461 e. The van der Waals surface area contributed by atoms with Crippen LogP contribution in [-0.4, -0.2) is 12.6 Å². The van der Waals surface area contributed by atoms with E-state index in [0.717, 1.165) is 6.42 Å². The number of hydrogen-bond acceptors (Lipinski definition) is 2. The molecular formula is C9H12O2. The summed E-state index contributed by atoms with van der Waals surface area (Å²) >= 11 is 0. The van der Waals surface area contributed by atoms with Gasteiger partial charge in [-0.15, -0.1) is 6.42 Å². The summed E-state index contributed by atoms with van der Waals surface area (Å²) < 4.78 is 4.76. The Morgan fingerprint density at radius 1 is 1.73 bits per heavy atom. The van der Waals surface area contributed by atoms with Crippen LogP contribution in [0.15, 0.2) is 12.2 Å². The van der Waals surface area contributed by atoms with Gasteiger partial charge in [0.1, 0.15) is 6.61 Å². The van der Waals surface area contributed by atoms with E-state index in [9.17, 15) is 4.79 Å². The molecule has 0 radical (unpaired) electrons. The van der Waals surface area contributed by atoms with Crippen LogP contribution in [0.25, 0.3) is 0 Å². The third kappa shape index (κ3) is 6.66. The molecular weight excluding hydrogens is 140 g/mol. The fourth-order valence-electron chi connectivity index (χ4n) is 0.534. The molecule has 0 rings (SSSR count). The van der Waals surface area contributed by atoms with E-state index in [1.54, 1.807) is 6.08 Å². The van der Waals surface area contributed by atoms with E-state index < -0.39 is 0 Å². The molecule has 2 heteroatoms. The predicted octanol–water partition coefficient (Wildman–Crippen LogP) is 1.52. The maximum atomic E-state index is 10.7. The number of rotatable bonds is 4. The van der Waals surface area contributed by atoms with Crippen LogP contribution in [-0.2, 0) is 9.53 Å². The number of hydrogen-bond donors (Lipinski definition) is 0. The molecule has 0 heterocycles. The van der Waals surface area contributed by atoms with Crippen LogP contribution in [0.1, 0.15) is 19.8 Å². The summed E-state index contributed by atoms with van der Waals surface area (Å²) in [5, 5.41) is 0. The van der Waals surface area contributed by atoms with Crippen molar-refractivity contribution in [2.24, 2.45) is 0 Å². The lowest BCUT2D eigenvalue weighted by Crippen LogP contribution is -2.02. The van der Waals surface area contributed by atoms with Crippen molar-refractivity contribution in [1.82, 2.24) is 0 Å². The lowest BCUT2D eigenvalue weighted by atomic mass is 10.3. The molecule has 0 unspecified atom stereocenters. The molecule has 0 amide bonds. The summed E-state index contributed by atoms with van der Waals surface area (Å²) in [6.07, 6.45) is 9.37. The third-order valence-corrected chi connectivity index (χ3v) is 1.01. The molecule has 0 fully saturated rings. The maximum absolute atomic E-state index is 10.7. The molecule has 0 aliphatic carbocycles. The molecule has 0 aromatic heterocycles. The van der Waals surface area contributed by atoms with Crippen molar-refractivity contribution in [2.75, 3.05) is 6.61 Å². The predicted molar refractivity (Wildman–Crippen MR) is 43.8 cm³/mol. The second-order valence-electron chi connectivity index (χ2n) is 2.00. The van der Waals surface area contributed by atoms with Crippen molar-refractivity contribution in [3.8, 4) is 12.3 Å². The van der Waals surface area contributed by atoms with Gasteiger partial charge in [-0.3, -0.25) is 4.79 Å². The second-order valence-corrected chi connectivity index (χ2v) is 2.00. The number of ether oxygens (including phenoxy) is 1. The van der Waals surface area contributed by atoms with E-state index >= 15 is 0 Å². The summed E-state index contributed by atoms with van der Waals surface area (Å²) in [5.74, 6) is 2.13. The van der Waals surface area contributed by atoms with Crippen LogP contribution in [0.4, 0.5) is 0 Å². The fraction of sp³-hybridized carbons (Fsp3) is 0.444. The highest BCUT2D eigenvalue weighted by Gasteiger charge is 1.96. The van der Waals surface area contributed by atoms with Crippen molar-refractivity contribution in [3.05, 3.63) is 12.2 Å². The van der Waals surface area contributed by atoms with Gasteiger partial charge in [0.25, 0.3) is 0 Å². The zero-order valence-electron chi connectivity index (χ0n) is 6.67. The van der Waals surface area contributed by atoms with E-state index in [4.69, 9.17) is 11.2 Å². The van der Waals surface area contributed by atoms with E-state index in [-0.39, 0.29) is 12.6 Å². The molecule has 0 aromatic rings. The molecule has 0 atom stereocenters. The van der Waals surface area contributed by atoms with Crippen molar-refractivity contribution in [1.29, 1.82) is 0 Å². The molecule has 0 spiro atoms. The first kappa shape index (κ1) is 9.77. The fourth-order valence-corrected chi connectivity index (χ4v) is 0.534. The Hall–Kier alpha value is -1.23. The molecule has 0 aliphatic rings. The van der Waals surface area contributed by atoms with Gasteiger partial charge in [0, 0.05) is 6.42 Å². The van der Waals surface area contributed by atoms with Gasteiger partial charge >= 0.3 is 5.97 Å². The van der Waals surface area contributed by atoms with Crippen LogP contribution >= 0.6 is 0 Å². The molecule has 11 heavy (non-hydrogen) atoms. The van der Waals surface area contributed by atoms with E-state index in [1.807, 2.05) is 6.92 Å². The van der Waals surface area contributed by atoms with Gasteiger partial charge in [-0.05, 0) is 18.6 Å². The number of esters is 1. The van der Waals surface area contributed by atoms with Crippen LogP contribution in [0, 0.1) is 12.3 Å². The minimum atomic E-state index is -0.172. The molecule has 2 nitrogen and oxygen atoms in total. The highest BCUT2D eigenvalue weighted by Crippen LogP contribution is 1.90. The molecule has 0 saturated heterocycles. The van der Waals surface area contributed by atoms with Gasteiger partial charge in [0.15, 0.2) is 0 Å². The van der Waals surface area contributed by atoms with Gasteiger partial charge in [0.2, 0.25) is 0 Å². The van der Waals surface area contributed by atoms with Crippen molar-refractivity contribution < 1.29 is 9.53 Å². The first-order valence-electron chi connectivity index (χ1n) is 3.58. The summed E-state index contributed by atoms with van der Waals surface area (Å²) in [6, 6.07) is 0. The van der Waals surface area contributed by atoms with E-state index in [1.165, 1.54) is 6.08 Å². The summed E-state index contributed by atoms with van der Waals surface area (Å²) in [5.41, 5.74) is 0. The summed E-state index contributed by atoms with van der Waals surface area (Å²) in [7, 11) is 0. The number of terminal acetylenes is 1. The third-order valence-electron chi connectivity index (χ3n) is 1.01. The SMILES string of the molecule is C#C/C=C/COC(=O)CCC. The monoisotopic (exact) mass is 152 g/mol. The van der Waals surface area contributed by atoms with Crippen LogP contribution < -0.4 is 0 Å². The lowest BCUT2D eigenvalue weighted by Gasteiger charge is -1.97. The zero-order valence-corrected chi connectivity index (χ0v) is 6.67. The van der Waals surface area contributed by atoms with Gasteiger partial charge in [-0.2, -0.15) is 0 Å². The average molecular weight is 152 g/mol. The minimum absolute atomic E-state index is 0.172. The smallest absolute Gasteiger partial charge is 0.306 e. The Morgan fingerprint density at radius 2 is 2.45 bits per heavy atom. The molecule has 0 aliphatic heterocycles. The first-order valence-corrected chi connectivity index (χ1v) is 3.58. The Morgan fingerprint density at radius 3 is 3.00 bits per heavy atom. The number of carbonyl (C=O) groups excluding carboxylic acids is 1. The Labute approximate surface area is 67.2 Å². The van der Waals surface area contributed by atoms with Crippen molar-refractivity contribution in [3.63, 3.8) is 0 Å². The van der Waals surface area contributed by atoms with Crippen molar-refractivity contribution >= 4 is 5.97 Å². The second kappa shape index (κ2) is 6.88. The molecule has 60 valence electrons. The van der Waals surface area contributed by atoms with Crippen LogP contribution in [0.2, 0.25) is 0 Å². The highest BCUT2D eigenvalue weighted by atomic mass is 16.5. The van der Waals surface area contributed by atoms with Crippen molar-refractivity contribution in [2.45, 2.75) is 19.8 Å². The average Bonchev–Trinajstić information content (AvgIpc) is 1.99. The molecule has 0 saturated carbocycles. The topological polar surface area (TPSA) is 26.3 Å². The Balaban J connectivity index is 3.33. The lowest BCUT2D eigenvalue weighted by molar-refractivity contribution is -0.142. The molecule has 0 aromatic carbocycles. The molecule has 0 N–H and O–H groups in total. The maximum Gasteiger partial charge on any atom is 0.306 e. The normalized spacial score (nSPS) is 9.45. The number of allylic oxidation sites excluding steroid dienone is 1. The molecule has 0 bridgehead atoms. The van der Waals surface area contributed by atoms with Crippen LogP contribution in [0.3, 0.4) is 0 Å².